The van der Waals surface area contributed by atoms with Crippen LogP contribution < -0.4 is 16.0 Å². The highest BCUT2D eigenvalue weighted by molar-refractivity contribution is 9.10. The van der Waals surface area contributed by atoms with Crippen molar-refractivity contribution in [2.45, 2.75) is 6.04 Å². The van der Waals surface area contributed by atoms with E-state index in [4.69, 9.17) is 5.73 Å². The maximum atomic E-state index is 13.0. The van der Waals surface area contributed by atoms with Gasteiger partial charge in [-0.05, 0) is 52.3 Å². The molecule has 6 heteroatoms. The van der Waals surface area contributed by atoms with Crippen LogP contribution in [0.5, 0.6) is 0 Å². The summed E-state index contributed by atoms with van der Waals surface area (Å²) in [4.78, 5) is 13.5. The number of nitrogens with one attached hydrogen (secondary N) is 1. The van der Waals surface area contributed by atoms with Gasteiger partial charge in [-0.2, -0.15) is 0 Å². The van der Waals surface area contributed by atoms with Crippen LogP contribution in [-0.2, 0) is 4.79 Å². The lowest BCUT2D eigenvalue weighted by molar-refractivity contribution is -0.116. The Labute approximate surface area is 129 Å². The first kappa shape index (κ1) is 14.0. The summed E-state index contributed by atoms with van der Waals surface area (Å²) < 4.78 is 13.8. The van der Waals surface area contributed by atoms with Crippen molar-refractivity contribution in [2.24, 2.45) is 5.73 Å². The largest absolute Gasteiger partial charge is 0.344 e. The van der Waals surface area contributed by atoms with Gasteiger partial charge in [-0.15, -0.1) is 0 Å². The maximum absolute atomic E-state index is 13.0. The SMILES string of the molecule is CN(c1ccc(F)cc1)c1cc2c(cc1Br)C(N)C(=O)N2. The molecule has 1 heterocycles. The van der Waals surface area contributed by atoms with Crippen molar-refractivity contribution in [3.05, 3.63) is 52.3 Å². The molecule has 3 N–H and O–H groups in total. The Bertz CT molecular complexity index is 718. The molecular formula is C15H13BrFN3O. The molecule has 0 bridgehead atoms. The van der Waals surface area contributed by atoms with Crippen molar-refractivity contribution in [3.63, 3.8) is 0 Å². The molecule has 21 heavy (non-hydrogen) atoms. The molecule has 1 amide bonds. The number of nitrogens with two attached hydrogens (primary N) is 1. The number of nitrogens with zero attached hydrogens (tertiary/aromatic N) is 1. The molecule has 0 radical (unpaired) electrons. The lowest BCUT2D eigenvalue weighted by Crippen LogP contribution is -2.19. The zero-order valence-electron chi connectivity index (χ0n) is 11.2. The van der Waals surface area contributed by atoms with E-state index < -0.39 is 6.04 Å². The summed E-state index contributed by atoms with van der Waals surface area (Å²) in [6, 6.07) is 9.26. The second-order valence-electron chi connectivity index (χ2n) is 4.89. The van der Waals surface area contributed by atoms with E-state index in [-0.39, 0.29) is 11.7 Å². The summed E-state index contributed by atoms with van der Waals surface area (Å²) in [5.41, 5.74) is 8.99. The monoisotopic (exact) mass is 349 g/mol. The molecule has 0 fully saturated rings. The minimum Gasteiger partial charge on any atom is -0.344 e. The van der Waals surface area contributed by atoms with Crippen LogP contribution in [0.25, 0.3) is 0 Å². The number of hydrogen-bond donors (Lipinski definition) is 2. The number of anilines is 3. The zero-order chi connectivity index (χ0) is 15.1. The molecular weight excluding hydrogens is 337 g/mol. The summed E-state index contributed by atoms with van der Waals surface area (Å²) in [5.74, 6) is -0.489. The number of fused-ring (bicyclic) bond motifs is 1. The van der Waals surface area contributed by atoms with Crippen LogP contribution in [0.15, 0.2) is 40.9 Å². The smallest absolute Gasteiger partial charge is 0.245 e. The van der Waals surface area contributed by atoms with Gasteiger partial charge in [0, 0.05) is 28.5 Å². The minimum absolute atomic E-state index is 0.210. The predicted octanol–water partition coefficient (Wildman–Crippen LogP) is 3.31. The number of rotatable bonds is 2. The molecule has 108 valence electrons. The molecule has 0 aliphatic carbocycles. The number of benzene rings is 2. The van der Waals surface area contributed by atoms with Crippen LogP contribution in [0.3, 0.4) is 0 Å². The molecule has 0 saturated carbocycles. The average Bonchev–Trinajstić information content (AvgIpc) is 2.73. The van der Waals surface area contributed by atoms with Gasteiger partial charge in [-0.3, -0.25) is 4.79 Å². The van der Waals surface area contributed by atoms with Crippen LogP contribution in [0.4, 0.5) is 21.5 Å². The van der Waals surface area contributed by atoms with Gasteiger partial charge in [0.15, 0.2) is 0 Å². The Morgan fingerprint density at radius 3 is 2.62 bits per heavy atom. The van der Waals surface area contributed by atoms with Gasteiger partial charge in [0.25, 0.3) is 0 Å². The first-order chi connectivity index (χ1) is 9.97. The molecule has 0 aromatic heterocycles. The molecule has 1 atom stereocenters. The van der Waals surface area contributed by atoms with Crippen LogP contribution in [0.1, 0.15) is 11.6 Å². The van der Waals surface area contributed by atoms with Crippen molar-refractivity contribution >= 4 is 38.9 Å². The second-order valence-corrected chi connectivity index (χ2v) is 5.75. The number of amides is 1. The van der Waals surface area contributed by atoms with Gasteiger partial charge in [0.2, 0.25) is 5.91 Å². The van der Waals surface area contributed by atoms with E-state index >= 15 is 0 Å². The molecule has 4 nitrogen and oxygen atoms in total. The van der Waals surface area contributed by atoms with Crippen molar-refractivity contribution in [1.29, 1.82) is 0 Å². The van der Waals surface area contributed by atoms with Crippen molar-refractivity contribution in [2.75, 3.05) is 17.3 Å². The molecule has 1 aliphatic heterocycles. The van der Waals surface area contributed by atoms with Crippen LogP contribution in [0, 0.1) is 5.82 Å². The summed E-state index contributed by atoms with van der Waals surface area (Å²) in [5, 5.41) is 2.76. The maximum Gasteiger partial charge on any atom is 0.245 e. The van der Waals surface area contributed by atoms with E-state index in [0.717, 1.165) is 21.4 Å². The van der Waals surface area contributed by atoms with Gasteiger partial charge >= 0.3 is 0 Å². The Morgan fingerprint density at radius 1 is 1.29 bits per heavy atom. The third-order valence-corrected chi connectivity index (χ3v) is 4.20. The van der Waals surface area contributed by atoms with Crippen LogP contribution in [-0.4, -0.2) is 13.0 Å². The standard InChI is InChI=1S/C15H13BrFN3O/c1-20(9-4-2-8(17)3-5-9)13-7-12-10(6-11(13)16)14(18)15(21)19-12/h2-7,14H,18H2,1H3,(H,19,21). The van der Waals surface area contributed by atoms with Gasteiger partial charge in [-0.25, -0.2) is 4.39 Å². The number of carbonyl (C=O) groups excluding carboxylic acids is 1. The molecule has 2 aromatic carbocycles. The fourth-order valence-electron chi connectivity index (χ4n) is 2.36. The van der Waals surface area contributed by atoms with Gasteiger partial charge in [0.05, 0.1) is 5.69 Å². The lowest BCUT2D eigenvalue weighted by Gasteiger charge is -2.22. The lowest BCUT2D eigenvalue weighted by atomic mass is 10.1. The fraction of sp³-hybridized carbons (Fsp3) is 0.133. The molecule has 3 rings (SSSR count). The van der Waals surface area contributed by atoms with Gasteiger partial charge in [0.1, 0.15) is 11.9 Å². The number of hydrogen-bond acceptors (Lipinski definition) is 3. The molecule has 1 aliphatic rings. The summed E-state index contributed by atoms with van der Waals surface area (Å²) in [6.45, 7) is 0. The Morgan fingerprint density at radius 2 is 1.95 bits per heavy atom. The van der Waals surface area contributed by atoms with Gasteiger partial charge in [-0.1, -0.05) is 0 Å². The normalized spacial score (nSPS) is 16.6. The predicted molar refractivity (Wildman–Crippen MR) is 84.2 cm³/mol. The zero-order valence-corrected chi connectivity index (χ0v) is 12.8. The summed E-state index contributed by atoms with van der Waals surface area (Å²) >= 11 is 3.50. The molecule has 1 unspecified atom stereocenters. The van der Waals surface area contributed by atoms with Crippen LogP contribution >= 0.6 is 15.9 Å². The third-order valence-electron chi connectivity index (χ3n) is 3.57. The van der Waals surface area contributed by atoms with E-state index in [0.29, 0.717) is 5.69 Å². The second kappa shape index (κ2) is 5.13. The Balaban J connectivity index is 2.02. The van der Waals surface area contributed by atoms with E-state index in [1.165, 1.54) is 12.1 Å². The first-order valence-electron chi connectivity index (χ1n) is 6.36. The third kappa shape index (κ3) is 2.41. The highest BCUT2D eigenvalue weighted by atomic mass is 79.9. The summed E-state index contributed by atoms with van der Waals surface area (Å²) in [6.07, 6.45) is 0. The number of carbonyl (C=O) groups is 1. The van der Waals surface area contributed by atoms with E-state index in [1.54, 1.807) is 12.1 Å². The quantitative estimate of drug-likeness (QED) is 0.874. The molecule has 2 aromatic rings. The number of halogens is 2. The summed E-state index contributed by atoms with van der Waals surface area (Å²) in [7, 11) is 1.87. The highest BCUT2D eigenvalue weighted by Crippen LogP contribution is 2.39. The van der Waals surface area contributed by atoms with Gasteiger partial charge < -0.3 is 16.0 Å². The highest BCUT2D eigenvalue weighted by Gasteiger charge is 2.28. The Hall–Kier alpha value is -1.92. The Kier molecular flexibility index (Phi) is 3.43. The first-order valence-corrected chi connectivity index (χ1v) is 7.16. The van der Waals surface area contributed by atoms with E-state index in [1.807, 2.05) is 24.1 Å². The molecule has 0 saturated heterocycles. The fourth-order valence-corrected chi connectivity index (χ4v) is 2.98. The molecule has 0 spiro atoms. The van der Waals surface area contributed by atoms with Crippen LogP contribution in [0.2, 0.25) is 0 Å². The minimum atomic E-state index is -0.638. The van der Waals surface area contributed by atoms with E-state index in [2.05, 4.69) is 21.2 Å². The van der Waals surface area contributed by atoms with E-state index in [9.17, 15) is 9.18 Å². The van der Waals surface area contributed by atoms with Crippen molar-refractivity contribution < 1.29 is 9.18 Å². The van der Waals surface area contributed by atoms with Crippen molar-refractivity contribution in [3.8, 4) is 0 Å². The van der Waals surface area contributed by atoms with Crippen molar-refractivity contribution in [1.82, 2.24) is 0 Å². The average molecular weight is 350 g/mol. The topological polar surface area (TPSA) is 58.4 Å².